The zero-order chi connectivity index (χ0) is 15.5. The Bertz CT molecular complexity index is 673. The standard InChI is InChI=1S/C16H18BrN3OS/c1-11-9-20(6-5-18-11)15(21)8-14-10-22-16(19-14)12-3-2-4-13(17)7-12/h2-4,7,10-11,18H,5-6,8-9H2,1H3. The Morgan fingerprint density at radius 3 is 3.18 bits per heavy atom. The van der Waals surface area contributed by atoms with Gasteiger partial charge in [0.2, 0.25) is 5.91 Å². The lowest BCUT2D eigenvalue weighted by Gasteiger charge is -2.31. The summed E-state index contributed by atoms with van der Waals surface area (Å²) in [4.78, 5) is 18.9. The number of hydrogen-bond donors (Lipinski definition) is 1. The zero-order valence-corrected chi connectivity index (χ0v) is 14.8. The second kappa shape index (κ2) is 6.89. The summed E-state index contributed by atoms with van der Waals surface area (Å²) in [6, 6.07) is 8.43. The van der Waals surface area contributed by atoms with Gasteiger partial charge in [0.15, 0.2) is 0 Å². The van der Waals surface area contributed by atoms with Gasteiger partial charge < -0.3 is 10.2 Å². The average Bonchev–Trinajstić information content (AvgIpc) is 2.96. The van der Waals surface area contributed by atoms with Crippen LogP contribution in [0.3, 0.4) is 0 Å². The van der Waals surface area contributed by atoms with Crippen LogP contribution >= 0.6 is 27.3 Å². The summed E-state index contributed by atoms with van der Waals surface area (Å²) >= 11 is 5.06. The van der Waals surface area contributed by atoms with Gasteiger partial charge in [0, 0.05) is 41.1 Å². The molecular weight excluding hydrogens is 362 g/mol. The minimum atomic E-state index is 0.166. The number of amides is 1. The number of halogens is 1. The normalized spacial score (nSPS) is 18.5. The summed E-state index contributed by atoms with van der Waals surface area (Å²) in [5, 5.41) is 6.29. The maximum absolute atomic E-state index is 12.4. The molecule has 0 saturated carbocycles. The molecular formula is C16H18BrN3OS. The van der Waals surface area contributed by atoms with E-state index < -0.39 is 0 Å². The van der Waals surface area contributed by atoms with Gasteiger partial charge in [-0.25, -0.2) is 4.98 Å². The first-order valence-corrected chi connectivity index (χ1v) is 9.00. The van der Waals surface area contributed by atoms with Crippen LogP contribution in [-0.2, 0) is 11.2 Å². The molecule has 22 heavy (non-hydrogen) atoms. The molecule has 2 heterocycles. The van der Waals surface area contributed by atoms with E-state index in [1.807, 2.05) is 34.5 Å². The number of nitrogens with zero attached hydrogens (tertiary/aromatic N) is 2. The molecule has 0 aliphatic carbocycles. The molecule has 1 aliphatic heterocycles. The fourth-order valence-corrected chi connectivity index (χ4v) is 3.78. The smallest absolute Gasteiger partial charge is 0.228 e. The van der Waals surface area contributed by atoms with Gasteiger partial charge in [-0.2, -0.15) is 0 Å². The molecule has 1 aromatic carbocycles. The monoisotopic (exact) mass is 379 g/mol. The summed E-state index contributed by atoms with van der Waals surface area (Å²) in [6.07, 6.45) is 0.386. The maximum Gasteiger partial charge on any atom is 0.228 e. The van der Waals surface area contributed by atoms with Crippen LogP contribution in [0.25, 0.3) is 10.6 Å². The number of rotatable bonds is 3. The lowest BCUT2D eigenvalue weighted by molar-refractivity contribution is -0.131. The van der Waals surface area contributed by atoms with Crippen molar-refractivity contribution < 1.29 is 4.79 Å². The fourth-order valence-electron chi connectivity index (χ4n) is 2.57. The second-order valence-corrected chi connectivity index (χ2v) is 7.30. The van der Waals surface area contributed by atoms with Crippen LogP contribution in [0.5, 0.6) is 0 Å². The molecule has 1 saturated heterocycles. The highest BCUT2D eigenvalue weighted by molar-refractivity contribution is 9.10. The van der Waals surface area contributed by atoms with Crippen LogP contribution in [0.1, 0.15) is 12.6 Å². The number of carbonyl (C=O) groups excluding carboxylic acids is 1. The lowest BCUT2D eigenvalue weighted by Crippen LogP contribution is -2.51. The molecule has 1 atom stereocenters. The van der Waals surface area contributed by atoms with Crippen LogP contribution in [-0.4, -0.2) is 41.5 Å². The third-order valence-corrected chi connectivity index (χ3v) is 5.11. The van der Waals surface area contributed by atoms with Gasteiger partial charge in [0.25, 0.3) is 0 Å². The highest BCUT2D eigenvalue weighted by Gasteiger charge is 2.21. The molecule has 3 rings (SSSR count). The lowest BCUT2D eigenvalue weighted by atomic mass is 10.2. The largest absolute Gasteiger partial charge is 0.340 e. The molecule has 1 aromatic heterocycles. The van der Waals surface area contributed by atoms with Gasteiger partial charge in [-0.1, -0.05) is 28.1 Å². The Morgan fingerprint density at radius 2 is 2.41 bits per heavy atom. The second-order valence-electron chi connectivity index (χ2n) is 5.53. The summed E-state index contributed by atoms with van der Waals surface area (Å²) in [6.45, 7) is 4.54. The molecule has 1 unspecified atom stereocenters. The van der Waals surface area contributed by atoms with Gasteiger partial charge in [0.05, 0.1) is 12.1 Å². The van der Waals surface area contributed by atoms with E-state index in [2.05, 4.69) is 33.2 Å². The molecule has 116 valence electrons. The van der Waals surface area contributed by atoms with E-state index in [1.165, 1.54) is 0 Å². The molecule has 0 bridgehead atoms. The predicted octanol–water partition coefficient (Wildman–Crippen LogP) is 2.94. The maximum atomic E-state index is 12.4. The van der Waals surface area contributed by atoms with E-state index in [-0.39, 0.29) is 5.91 Å². The van der Waals surface area contributed by atoms with Crippen molar-refractivity contribution in [3.05, 3.63) is 39.8 Å². The molecule has 1 amide bonds. The van der Waals surface area contributed by atoms with Gasteiger partial charge in [0.1, 0.15) is 5.01 Å². The number of benzene rings is 1. The molecule has 2 aromatic rings. The summed E-state index contributed by atoms with van der Waals surface area (Å²) < 4.78 is 1.03. The Hall–Kier alpha value is -1.24. The number of nitrogens with one attached hydrogen (secondary N) is 1. The van der Waals surface area contributed by atoms with Crippen molar-refractivity contribution in [3.8, 4) is 10.6 Å². The first kappa shape index (κ1) is 15.6. The van der Waals surface area contributed by atoms with Crippen molar-refractivity contribution in [3.63, 3.8) is 0 Å². The average molecular weight is 380 g/mol. The summed E-state index contributed by atoms with van der Waals surface area (Å²) in [5.41, 5.74) is 1.94. The van der Waals surface area contributed by atoms with Crippen molar-refractivity contribution in [2.45, 2.75) is 19.4 Å². The van der Waals surface area contributed by atoms with Crippen molar-refractivity contribution in [2.75, 3.05) is 19.6 Å². The SMILES string of the molecule is CC1CN(C(=O)Cc2csc(-c3cccc(Br)c3)n2)CCN1. The Morgan fingerprint density at radius 1 is 1.55 bits per heavy atom. The highest BCUT2D eigenvalue weighted by atomic mass is 79.9. The highest BCUT2D eigenvalue weighted by Crippen LogP contribution is 2.26. The fraction of sp³-hybridized carbons (Fsp3) is 0.375. The molecule has 1 N–H and O–H groups in total. The zero-order valence-electron chi connectivity index (χ0n) is 12.4. The van der Waals surface area contributed by atoms with Crippen LogP contribution in [0.4, 0.5) is 0 Å². The minimum Gasteiger partial charge on any atom is -0.340 e. The van der Waals surface area contributed by atoms with Crippen molar-refractivity contribution in [1.29, 1.82) is 0 Å². The molecule has 6 heteroatoms. The predicted molar refractivity (Wildman–Crippen MR) is 93.0 cm³/mol. The van der Waals surface area contributed by atoms with E-state index >= 15 is 0 Å². The van der Waals surface area contributed by atoms with E-state index in [0.717, 1.165) is 40.4 Å². The number of hydrogen-bond acceptors (Lipinski definition) is 4. The van der Waals surface area contributed by atoms with E-state index in [9.17, 15) is 4.79 Å². The topological polar surface area (TPSA) is 45.2 Å². The molecule has 1 aliphatic rings. The Kier molecular flexibility index (Phi) is 4.90. The van der Waals surface area contributed by atoms with Crippen LogP contribution in [0, 0.1) is 0 Å². The summed E-state index contributed by atoms with van der Waals surface area (Å²) in [5.74, 6) is 0.166. The Balaban J connectivity index is 1.68. The quantitative estimate of drug-likeness (QED) is 0.891. The van der Waals surface area contributed by atoms with E-state index in [4.69, 9.17) is 0 Å². The molecule has 0 spiro atoms. The van der Waals surface area contributed by atoms with Crippen LogP contribution in [0.15, 0.2) is 34.1 Å². The van der Waals surface area contributed by atoms with E-state index in [1.54, 1.807) is 11.3 Å². The number of aromatic nitrogens is 1. The Labute approximate surface area is 142 Å². The van der Waals surface area contributed by atoms with Gasteiger partial charge in [-0.05, 0) is 19.1 Å². The van der Waals surface area contributed by atoms with Gasteiger partial charge in [-0.15, -0.1) is 11.3 Å². The number of thiazole rings is 1. The first-order valence-electron chi connectivity index (χ1n) is 7.33. The molecule has 0 radical (unpaired) electrons. The van der Waals surface area contributed by atoms with Crippen LogP contribution < -0.4 is 5.32 Å². The number of piperazine rings is 1. The first-order chi connectivity index (χ1) is 10.6. The van der Waals surface area contributed by atoms with Gasteiger partial charge >= 0.3 is 0 Å². The minimum absolute atomic E-state index is 0.166. The molecule has 4 nitrogen and oxygen atoms in total. The third-order valence-electron chi connectivity index (χ3n) is 3.68. The van der Waals surface area contributed by atoms with Crippen molar-refractivity contribution in [1.82, 2.24) is 15.2 Å². The van der Waals surface area contributed by atoms with Crippen molar-refractivity contribution >= 4 is 33.2 Å². The van der Waals surface area contributed by atoms with Crippen LogP contribution in [0.2, 0.25) is 0 Å². The van der Waals surface area contributed by atoms with E-state index in [0.29, 0.717) is 12.5 Å². The van der Waals surface area contributed by atoms with Crippen molar-refractivity contribution in [2.24, 2.45) is 0 Å². The van der Waals surface area contributed by atoms with Gasteiger partial charge in [-0.3, -0.25) is 4.79 Å². The third kappa shape index (κ3) is 3.74. The number of carbonyl (C=O) groups is 1. The molecule has 1 fully saturated rings. The summed E-state index contributed by atoms with van der Waals surface area (Å²) in [7, 11) is 0.